The van der Waals surface area contributed by atoms with Gasteiger partial charge in [-0.2, -0.15) is 0 Å². The molecule has 1 aromatic rings. The predicted molar refractivity (Wildman–Crippen MR) is 76.2 cm³/mol. The lowest BCUT2D eigenvalue weighted by molar-refractivity contribution is -0.120. The van der Waals surface area contributed by atoms with Gasteiger partial charge in [0.05, 0.1) is 13.0 Å². The van der Waals surface area contributed by atoms with Crippen LogP contribution < -0.4 is 11.3 Å². The topological polar surface area (TPSA) is 64.3 Å². The smallest absolute Gasteiger partial charge is 0.238 e. The third kappa shape index (κ3) is 6.36. The molecule has 0 aliphatic rings. The average molecular weight is 264 g/mol. The van der Waals surface area contributed by atoms with E-state index in [1.54, 1.807) is 0 Å². The van der Waals surface area contributed by atoms with E-state index in [0.29, 0.717) is 18.9 Å². The molecule has 0 saturated heterocycles. The zero-order valence-electron chi connectivity index (χ0n) is 11.8. The number of hydrogen-bond acceptors (Lipinski definition) is 3. The van der Waals surface area contributed by atoms with Gasteiger partial charge in [0.25, 0.3) is 0 Å². The molecule has 0 unspecified atom stereocenters. The normalized spacial score (nSPS) is 10.7. The Morgan fingerprint density at radius 3 is 2.63 bits per heavy atom. The van der Waals surface area contributed by atoms with Gasteiger partial charge >= 0.3 is 0 Å². The van der Waals surface area contributed by atoms with Gasteiger partial charge in [0, 0.05) is 6.61 Å². The molecule has 0 bridgehead atoms. The molecule has 4 heteroatoms. The first-order chi connectivity index (χ1) is 9.13. The van der Waals surface area contributed by atoms with Crippen molar-refractivity contribution in [1.82, 2.24) is 5.43 Å². The molecule has 1 aromatic carbocycles. The Kier molecular flexibility index (Phi) is 7.15. The highest BCUT2D eigenvalue weighted by molar-refractivity contribution is 5.78. The molecule has 4 nitrogen and oxygen atoms in total. The van der Waals surface area contributed by atoms with Crippen molar-refractivity contribution >= 4 is 5.91 Å². The third-order valence-corrected chi connectivity index (χ3v) is 2.96. The molecule has 3 N–H and O–H groups in total. The molecule has 106 valence electrons. The number of nitrogens with one attached hydrogen (secondary N) is 1. The fraction of sp³-hybridized carbons (Fsp3) is 0.533. The minimum absolute atomic E-state index is 0.188. The van der Waals surface area contributed by atoms with Crippen LogP contribution in [0.5, 0.6) is 0 Å². The summed E-state index contributed by atoms with van der Waals surface area (Å²) >= 11 is 0. The molecule has 1 rings (SSSR count). The minimum atomic E-state index is -0.188. The largest absolute Gasteiger partial charge is 0.377 e. The second-order valence-corrected chi connectivity index (χ2v) is 5.10. The number of hydrazine groups is 1. The van der Waals surface area contributed by atoms with E-state index in [9.17, 15) is 4.79 Å². The summed E-state index contributed by atoms with van der Waals surface area (Å²) in [5.74, 6) is 5.63. The van der Waals surface area contributed by atoms with Gasteiger partial charge in [-0.25, -0.2) is 5.84 Å². The number of rotatable bonds is 8. The van der Waals surface area contributed by atoms with Crippen molar-refractivity contribution in [2.45, 2.75) is 39.7 Å². The van der Waals surface area contributed by atoms with Gasteiger partial charge in [-0.3, -0.25) is 10.2 Å². The summed E-state index contributed by atoms with van der Waals surface area (Å²) in [6, 6.07) is 7.79. The minimum Gasteiger partial charge on any atom is -0.377 e. The Morgan fingerprint density at radius 2 is 2.00 bits per heavy atom. The maximum Gasteiger partial charge on any atom is 0.238 e. The van der Waals surface area contributed by atoms with Crippen LogP contribution in [0.25, 0.3) is 0 Å². The molecule has 19 heavy (non-hydrogen) atoms. The molecule has 0 aliphatic heterocycles. The van der Waals surface area contributed by atoms with Gasteiger partial charge in [0.15, 0.2) is 0 Å². The zero-order valence-corrected chi connectivity index (χ0v) is 11.8. The lowest BCUT2D eigenvalue weighted by Gasteiger charge is -2.10. The Bertz CT molecular complexity index is 391. The molecule has 0 spiro atoms. The van der Waals surface area contributed by atoms with E-state index in [2.05, 4.69) is 19.3 Å². The van der Waals surface area contributed by atoms with Crippen LogP contribution in [-0.4, -0.2) is 12.5 Å². The Balaban J connectivity index is 2.42. The number of benzene rings is 1. The third-order valence-electron chi connectivity index (χ3n) is 2.96. The van der Waals surface area contributed by atoms with Crippen molar-refractivity contribution < 1.29 is 9.53 Å². The second-order valence-electron chi connectivity index (χ2n) is 5.10. The second kappa shape index (κ2) is 8.67. The number of nitrogens with two attached hydrogens (primary N) is 1. The summed E-state index contributed by atoms with van der Waals surface area (Å²) in [4.78, 5) is 11.3. The summed E-state index contributed by atoms with van der Waals surface area (Å²) < 4.78 is 5.66. The van der Waals surface area contributed by atoms with Crippen LogP contribution in [0, 0.1) is 5.92 Å². The number of amides is 1. The molecule has 0 aromatic heterocycles. The van der Waals surface area contributed by atoms with E-state index in [1.807, 2.05) is 24.3 Å². The molecule has 0 atom stereocenters. The maximum atomic E-state index is 11.3. The van der Waals surface area contributed by atoms with Crippen LogP contribution in [0.15, 0.2) is 24.3 Å². The lowest BCUT2D eigenvalue weighted by atomic mass is 10.0. The first-order valence-corrected chi connectivity index (χ1v) is 6.77. The first kappa shape index (κ1) is 15.7. The van der Waals surface area contributed by atoms with Gasteiger partial charge in [0.1, 0.15) is 0 Å². The maximum absolute atomic E-state index is 11.3. The quantitative estimate of drug-likeness (QED) is 0.327. The molecule has 0 radical (unpaired) electrons. The Labute approximate surface area is 115 Å². The van der Waals surface area contributed by atoms with Crippen molar-refractivity contribution in [3.8, 4) is 0 Å². The van der Waals surface area contributed by atoms with Crippen molar-refractivity contribution in [2.75, 3.05) is 6.61 Å². The molecule has 1 amide bonds. The van der Waals surface area contributed by atoms with Gasteiger partial charge in [-0.15, -0.1) is 0 Å². The summed E-state index contributed by atoms with van der Waals surface area (Å²) in [5, 5.41) is 0. The van der Waals surface area contributed by atoms with E-state index < -0.39 is 0 Å². The zero-order chi connectivity index (χ0) is 14.1. The van der Waals surface area contributed by atoms with Gasteiger partial charge in [-0.05, 0) is 29.9 Å². The highest BCUT2D eigenvalue weighted by Crippen LogP contribution is 2.12. The fourth-order valence-corrected chi connectivity index (χ4v) is 1.87. The predicted octanol–water partition coefficient (Wildman–Crippen LogP) is 2.17. The Hall–Kier alpha value is -1.39. The van der Waals surface area contributed by atoms with E-state index >= 15 is 0 Å². The van der Waals surface area contributed by atoms with E-state index in [4.69, 9.17) is 10.6 Å². The van der Waals surface area contributed by atoms with Crippen LogP contribution >= 0.6 is 0 Å². The van der Waals surface area contributed by atoms with Gasteiger partial charge in [0.2, 0.25) is 5.91 Å². The van der Waals surface area contributed by atoms with Crippen molar-refractivity contribution in [3.63, 3.8) is 0 Å². The van der Waals surface area contributed by atoms with Crippen LogP contribution in [0.3, 0.4) is 0 Å². The Morgan fingerprint density at radius 1 is 1.32 bits per heavy atom. The van der Waals surface area contributed by atoms with Crippen molar-refractivity contribution in [1.29, 1.82) is 0 Å². The van der Waals surface area contributed by atoms with Crippen molar-refractivity contribution in [2.24, 2.45) is 11.8 Å². The average Bonchev–Trinajstić information content (AvgIpc) is 2.39. The SMILES string of the molecule is CC(C)CCCOCc1ccccc1CC(=O)NN. The molecule has 0 fully saturated rings. The number of carbonyl (C=O) groups is 1. The van der Waals surface area contributed by atoms with Crippen LogP contribution in [0.1, 0.15) is 37.8 Å². The molecular weight excluding hydrogens is 240 g/mol. The molecule has 0 heterocycles. The lowest BCUT2D eigenvalue weighted by Crippen LogP contribution is -2.31. The number of carbonyl (C=O) groups excluding carboxylic acids is 1. The molecule has 0 aliphatic carbocycles. The van der Waals surface area contributed by atoms with Crippen LogP contribution in [0.4, 0.5) is 0 Å². The van der Waals surface area contributed by atoms with Gasteiger partial charge in [-0.1, -0.05) is 38.1 Å². The first-order valence-electron chi connectivity index (χ1n) is 6.77. The number of ether oxygens (including phenoxy) is 1. The molecular formula is C15H24N2O2. The summed E-state index contributed by atoms with van der Waals surface area (Å²) in [6.07, 6.45) is 2.54. The summed E-state index contributed by atoms with van der Waals surface area (Å²) in [7, 11) is 0. The van der Waals surface area contributed by atoms with Gasteiger partial charge < -0.3 is 4.74 Å². The van der Waals surface area contributed by atoms with Crippen molar-refractivity contribution in [3.05, 3.63) is 35.4 Å². The standard InChI is InChI=1S/C15H24N2O2/c1-12(2)6-5-9-19-11-14-8-4-3-7-13(14)10-15(18)17-16/h3-4,7-8,12H,5-6,9-11,16H2,1-2H3,(H,17,18). The summed E-state index contributed by atoms with van der Waals surface area (Å²) in [5.41, 5.74) is 4.17. The summed E-state index contributed by atoms with van der Waals surface area (Å²) in [6.45, 7) is 5.73. The van der Waals surface area contributed by atoms with E-state index in [1.165, 1.54) is 6.42 Å². The monoisotopic (exact) mass is 264 g/mol. The highest BCUT2D eigenvalue weighted by atomic mass is 16.5. The fourth-order valence-electron chi connectivity index (χ4n) is 1.87. The van der Waals surface area contributed by atoms with Crippen LogP contribution in [0.2, 0.25) is 0 Å². The van der Waals surface area contributed by atoms with E-state index in [0.717, 1.165) is 24.2 Å². The highest BCUT2D eigenvalue weighted by Gasteiger charge is 2.06. The van der Waals surface area contributed by atoms with E-state index in [-0.39, 0.29) is 5.91 Å². The van der Waals surface area contributed by atoms with Crippen LogP contribution in [-0.2, 0) is 22.6 Å². The molecule has 0 saturated carbocycles. The number of hydrogen-bond donors (Lipinski definition) is 2.